The van der Waals surface area contributed by atoms with Gasteiger partial charge in [-0.3, -0.25) is 14.0 Å². The summed E-state index contributed by atoms with van der Waals surface area (Å²) in [4.78, 5) is 49.7. The minimum atomic E-state index is -1.41. The van der Waals surface area contributed by atoms with Crippen molar-refractivity contribution in [3.8, 4) is 11.9 Å². The molecule has 0 unspecified atom stereocenters. The maximum Gasteiger partial charge on any atom is 0.326 e. The Morgan fingerprint density at radius 2 is 1.66 bits per heavy atom. The van der Waals surface area contributed by atoms with Gasteiger partial charge in [-0.2, -0.15) is 5.26 Å². The Kier molecular flexibility index (Phi) is 13.2. The summed E-state index contributed by atoms with van der Waals surface area (Å²) in [5.74, 6) is -4.63. The zero-order valence-electron chi connectivity index (χ0n) is 22.0. The molecule has 15 nitrogen and oxygen atoms in total. The van der Waals surface area contributed by atoms with Gasteiger partial charge in [0, 0.05) is 18.5 Å². The van der Waals surface area contributed by atoms with E-state index in [0.717, 1.165) is 0 Å². The average Bonchev–Trinajstić information content (AvgIpc) is 3.41. The van der Waals surface area contributed by atoms with Crippen molar-refractivity contribution in [3.05, 3.63) is 41.7 Å². The lowest BCUT2D eigenvalue weighted by Crippen LogP contribution is -2.52. The molecular formula is C25H31FN8O7. The number of amides is 1. The Labute approximate surface area is 234 Å². The van der Waals surface area contributed by atoms with Crippen molar-refractivity contribution >= 4 is 29.8 Å². The molecule has 0 bridgehead atoms. The van der Waals surface area contributed by atoms with Crippen LogP contribution >= 0.6 is 0 Å². The van der Waals surface area contributed by atoms with Crippen LogP contribution in [0.4, 0.5) is 4.39 Å². The molecule has 1 aromatic carbocycles. The summed E-state index contributed by atoms with van der Waals surface area (Å²) in [6.45, 7) is -0.183. The number of aliphatic carboxylic acids is 3. The SMILES string of the molecule is N#CN=C(N[C@@H](CCCCNC(=O)c1ccc(-n2cc(CCCF)nn2)cc1)C(=O)O)N[C@@H](CCC(=O)O)C(=O)O. The van der Waals surface area contributed by atoms with Crippen LogP contribution in [0.2, 0.25) is 0 Å². The zero-order valence-corrected chi connectivity index (χ0v) is 22.0. The number of carboxylic acid groups (broad SMARTS) is 3. The van der Waals surface area contributed by atoms with Crippen LogP contribution in [0.25, 0.3) is 5.69 Å². The molecule has 16 heteroatoms. The number of hydrogen-bond acceptors (Lipinski definition) is 8. The number of nitrogens with one attached hydrogen (secondary N) is 3. The molecule has 0 fully saturated rings. The standard InChI is InChI=1S/C25H31FN8O7/c26-12-3-4-17-14-34(33-32-17)18-8-6-16(7-9-18)22(37)28-13-2-1-5-19(23(38)39)30-25(29-15-27)31-20(24(40)41)10-11-21(35)36/h6-9,14,19-20H,1-5,10-13H2,(H,28,37)(H,35,36)(H,38,39)(H,40,41)(H2,29,30,31)/t19-,20-/m0/s1. The van der Waals surface area contributed by atoms with Crippen LogP contribution in [-0.2, 0) is 20.8 Å². The van der Waals surface area contributed by atoms with E-state index in [1.54, 1.807) is 30.5 Å². The Hall–Kier alpha value is -5.07. The van der Waals surface area contributed by atoms with Crippen LogP contribution < -0.4 is 16.0 Å². The monoisotopic (exact) mass is 574 g/mol. The molecule has 2 aromatic rings. The van der Waals surface area contributed by atoms with Gasteiger partial charge in [-0.25, -0.2) is 14.3 Å². The molecule has 2 atom stereocenters. The highest BCUT2D eigenvalue weighted by molar-refractivity contribution is 5.94. The third-order valence-electron chi connectivity index (χ3n) is 5.73. The van der Waals surface area contributed by atoms with Crippen LogP contribution in [0.1, 0.15) is 54.6 Å². The maximum absolute atomic E-state index is 12.5. The largest absolute Gasteiger partial charge is 0.481 e. The number of unbranched alkanes of at least 4 members (excludes halogenated alkanes) is 1. The second kappa shape index (κ2) is 16.8. The van der Waals surface area contributed by atoms with Crippen LogP contribution in [-0.4, -0.2) is 85.4 Å². The number of carbonyl (C=O) groups excluding carboxylic acids is 1. The molecule has 1 amide bonds. The highest BCUT2D eigenvalue weighted by atomic mass is 19.1. The molecule has 2 rings (SSSR count). The van der Waals surface area contributed by atoms with Crippen molar-refractivity contribution in [2.75, 3.05) is 13.2 Å². The molecule has 0 saturated heterocycles. The minimum absolute atomic E-state index is 0.0596. The summed E-state index contributed by atoms with van der Waals surface area (Å²) in [6, 6.07) is 3.96. The van der Waals surface area contributed by atoms with E-state index in [1.165, 1.54) is 10.9 Å². The summed E-state index contributed by atoms with van der Waals surface area (Å²) in [7, 11) is 0. The number of carboxylic acids is 3. The summed E-state index contributed by atoms with van der Waals surface area (Å²) in [6.07, 6.45) is 4.02. The molecule has 0 spiro atoms. The number of guanidine groups is 1. The third kappa shape index (κ3) is 11.3. The first-order valence-electron chi connectivity index (χ1n) is 12.7. The van der Waals surface area contributed by atoms with Gasteiger partial charge in [-0.15, -0.1) is 10.1 Å². The number of carbonyl (C=O) groups is 4. The molecular weight excluding hydrogens is 543 g/mol. The van der Waals surface area contributed by atoms with E-state index in [9.17, 15) is 33.8 Å². The summed E-state index contributed by atoms with van der Waals surface area (Å²) in [5.41, 5.74) is 1.74. The quantitative estimate of drug-likeness (QED) is 0.0668. The predicted molar refractivity (Wildman–Crippen MR) is 141 cm³/mol. The molecule has 1 aromatic heterocycles. The number of halogens is 1. The summed E-state index contributed by atoms with van der Waals surface area (Å²) in [5, 5.41) is 52.0. The molecule has 0 saturated carbocycles. The predicted octanol–water partition coefficient (Wildman–Crippen LogP) is 0.857. The first kappa shape index (κ1) is 32.1. The highest BCUT2D eigenvalue weighted by Gasteiger charge is 2.24. The minimum Gasteiger partial charge on any atom is -0.481 e. The van der Waals surface area contributed by atoms with Crippen molar-refractivity contribution in [1.29, 1.82) is 5.26 Å². The highest BCUT2D eigenvalue weighted by Crippen LogP contribution is 2.10. The first-order chi connectivity index (χ1) is 19.6. The van der Waals surface area contributed by atoms with Gasteiger partial charge in [0.05, 0.1) is 24.3 Å². The van der Waals surface area contributed by atoms with E-state index in [0.29, 0.717) is 42.6 Å². The van der Waals surface area contributed by atoms with E-state index in [1.807, 2.05) is 0 Å². The van der Waals surface area contributed by atoms with Crippen LogP contribution in [0.15, 0.2) is 35.5 Å². The number of nitrogens with zero attached hydrogens (tertiary/aromatic N) is 5. The number of aromatic nitrogens is 3. The molecule has 0 aliphatic carbocycles. The fraction of sp³-hybridized carbons (Fsp3) is 0.440. The van der Waals surface area contributed by atoms with Gasteiger partial charge in [0.25, 0.3) is 5.91 Å². The number of aryl methyl sites for hydroxylation is 1. The molecule has 6 N–H and O–H groups in total. The van der Waals surface area contributed by atoms with Gasteiger partial charge in [0.2, 0.25) is 12.2 Å². The zero-order chi connectivity index (χ0) is 30.2. The Morgan fingerprint density at radius 1 is 1.00 bits per heavy atom. The van der Waals surface area contributed by atoms with Gasteiger partial charge < -0.3 is 31.3 Å². The van der Waals surface area contributed by atoms with Crippen LogP contribution in [0, 0.1) is 11.5 Å². The Bertz CT molecular complexity index is 1260. The van der Waals surface area contributed by atoms with E-state index in [2.05, 4.69) is 31.3 Å². The molecule has 220 valence electrons. The second-order valence-corrected chi connectivity index (χ2v) is 8.81. The lowest BCUT2D eigenvalue weighted by molar-refractivity contribution is -0.140. The van der Waals surface area contributed by atoms with E-state index >= 15 is 0 Å². The fourth-order valence-corrected chi connectivity index (χ4v) is 3.60. The van der Waals surface area contributed by atoms with Crippen LogP contribution in [0.5, 0.6) is 0 Å². The lowest BCUT2D eigenvalue weighted by Gasteiger charge is -2.20. The van der Waals surface area contributed by atoms with E-state index < -0.39 is 49.0 Å². The number of aliphatic imine (C=N–C) groups is 1. The first-order valence-corrected chi connectivity index (χ1v) is 12.7. The van der Waals surface area contributed by atoms with Crippen molar-refractivity contribution in [2.45, 2.75) is 57.0 Å². The van der Waals surface area contributed by atoms with Crippen molar-refractivity contribution in [3.63, 3.8) is 0 Å². The lowest BCUT2D eigenvalue weighted by atomic mass is 10.1. The molecule has 1 heterocycles. The molecule has 0 radical (unpaired) electrons. The van der Waals surface area contributed by atoms with Crippen molar-refractivity contribution in [1.82, 2.24) is 30.9 Å². The van der Waals surface area contributed by atoms with Crippen molar-refractivity contribution < 1.29 is 38.9 Å². The second-order valence-electron chi connectivity index (χ2n) is 8.81. The average molecular weight is 575 g/mol. The topological polar surface area (TPSA) is 232 Å². The Morgan fingerprint density at radius 3 is 2.24 bits per heavy atom. The number of hydrogen-bond donors (Lipinski definition) is 6. The van der Waals surface area contributed by atoms with E-state index in [4.69, 9.17) is 10.4 Å². The van der Waals surface area contributed by atoms with Gasteiger partial charge in [0.15, 0.2) is 0 Å². The number of benzene rings is 1. The van der Waals surface area contributed by atoms with Crippen molar-refractivity contribution in [2.24, 2.45) is 4.99 Å². The van der Waals surface area contributed by atoms with Gasteiger partial charge in [-0.05, 0) is 62.8 Å². The van der Waals surface area contributed by atoms with Gasteiger partial charge in [-0.1, -0.05) is 5.21 Å². The number of rotatable bonds is 17. The fourth-order valence-electron chi connectivity index (χ4n) is 3.60. The number of nitriles is 1. The maximum atomic E-state index is 12.5. The van der Waals surface area contributed by atoms with Gasteiger partial charge >= 0.3 is 17.9 Å². The van der Waals surface area contributed by atoms with Gasteiger partial charge in [0.1, 0.15) is 12.1 Å². The normalized spacial score (nSPS) is 12.5. The molecule has 41 heavy (non-hydrogen) atoms. The summed E-state index contributed by atoms with van der Waals surface area (Å²) < 4.78 is 13.9. The number of alkyl halides is 1. The van der Waals surface area contributed by atoms with E-state index in [-0.39, 0.29) is 25.3 Å². The molecule has 0 aliphatic rings. The van der Waals surface area contributed by atoms with Crippen LogP contribution in [0.3, 0.4) is 0 Å². The Balaban J connectivity index is 1.83. The smallest absolute Gasteiger partial charge is 0.326 e. The third-order valence-corrected chi connectivity index (χ3v) is 5.73. The molecule has 0 aliphatic heterocycles. The summed E-state index contributed by atoms with van der Waals surface area (Å²) >= 11 is 0.